The fraction of sp³-hybridized carbons (Fsp3) is 0.231. The molecule has 0 radical (unpaired) electrons. The Kier molecular flexibility index (Phi) is 3.74. The van der Waals surface area contributed by atoms with Crippen molar-refractivity contribution in [2.45, 2.75) is 13.0 Å². The van der Waals surface area contributed by atoms with Gasteiger partial charge in [-0.2, -0.15) is 0 Å². The first-order valence-corrected chi connectivity index (χ1v) is 5.63. The minimum absolute atomic E-state index is 0.176. The van der Waals surface area contributed by atoms with Gasteiger partial charge in [0.15, 0.2) is 0 Å². The molecule has 94 valence electrons. The Morgan fingerprint density at radius 3 is 2.94 bits per heavy atom. The van der Waals surface area contributed by atoms with E-state index in [9.17, 15) is 4.79 Å². The van der Waals surface area contributed by atoms with Gasteiger partial charge >= 0.3 is 0 Å². The van der Waals surface area contributed by atoms with E-state index in [4.69, 9.17) is 10.5 Å². The lowest BCUT2D eigenvalue weighted by Crippen LogP contribution is -2.18. The van der Waals surface area contributed by atoms with E-state index < -0.39 is 0 Å². The standard InChI is InChI=1S/C13H15N3O2/c1-18-11-4-2-3-9(5-11)6-12-15-8-10(7-14)13(17)16-12/h2-5,8H,6-7,14H2,1H3,(H,15,16,17). The Bertz CT molecular complexity index is 593. The molecule has 1 aromatic heterocycles. The third-order valence-electron chi connectivity index (χ3n) is 2.65. The van der Waals surface area contributed by atoms with Gasteiger partial charge in [0.25, 0.3) is 5.56 Å². The number of benzene rings is 1. The maximum atomic E-state index is 11.6. The Hall–Kier alpha value is -2.14. The van der Waals surface area contributed by atoms with Crippen LogP contribution in [0.5, 0.6) is 5.75 Å². The summed E-state index contributed by atoms with van der Waals surface area (Å²) in [6, 6.07) is 7.65. The number of nitrogens with two attached hydrogens (primary N) is 1. The number of rotatable bonds is 4. The van der Waals surface area contributed by atoms with Gasteiger partial charge in [0.1, 0.15) is 11.6 Å². The molecule has 0 aliphatic heterocycles. The second-order valence-electron chi connectivity index (χ2n) is 3.92. The van der Waals surface area contributed by atoms with Crippen molar-refractivity contribution in [1.82, 2.24) is 9.97 Å². The van der Waals surface area contributed by atoms with Gasteiger partial charge in [-0.1, -0.05) is 12.1 Å². The topological polar surface area (TPSA) is 81.0 Å². The maximum Gasteiger partial charge on any atom is 0.255 e. The Morgan fingerprint density at radius 2 is 2.28 bits per heavy atom. The van der Waals surface area contributed by atoms with Crippen LogP contribution in [0.2, 0.25) is 0 Å². The van der Waals surface area contributed by atoms with E-state index >= 15 is 0 Å². The zero-order valence-electron chi connectivity index (χ0n) is 10.1. The zero-order valence-corrected chi connectivity index (χ0v) is 10.1. The molecule has 0 bridgehead atoms. The van der Waals surface area contributed by atoms with E-state index in [0.29, 0.717) is 17.8 Å². The summed E-state index contributed by atoms with van der Waals surface area (Å²) in [5, 5.41) is 0. The molecule has 0 fully saturated rings. The molecule has 0 aliphatic carbocycles. The van der Waals surface area contributed by atoms with Crippen LogP contribution in [-0.2, 0) is 13.0 Å². The van der Waals surface area contributed by atoms with Crippen LogP contribution in [0, 0.1) is 0 Å². The Labute approximate surface area is 105 Å². The monoisotopic (exact) mass is 245 g/mol. The number of hydrogen-bond acceptors (Lipinski definition) is 4. The van der Waals surface area contributed by atoms with Crippen LogP contribution in [0.25, 0.3) is 0 Å². The smallest absolute Gasteiger partial charge is 0.255 e. The summed E-state index contributed by atoms with van der Waals surface area (Å²) in [5.41, 5.74) is 6.76. The highest BCUT2D eigenvalue weighted by atomic mass is 16.5. The third kappa shape index (κ3) is 2.75. The maximum absolute atomic E-state index is 11.6. The highest BCUT2D eigenvalue weighted by molar-refractivity contribution is 5.30. The second kappa shape index (κ2) is 5.46. The van der Waals surface area contributed by atoms with Crippen LogP contribution < -0.4 is 16.0 Å². The van der Waals surface area contributed by atoms with Gasteiger partial charge < -0.3 is 15.5 Å². The molecule has 3 N–H and O–H groups in total. The van der Waals surface area contributed by atoms with Gasteiger partial charge in [-0.15, -0.1) is 0 Å². The summed E-state index contributed by atoms with van der Waals surface area (Å²) in [7, 11) is 1.62. The fourth-order valence-corrected chi connectivity index (χ4v) is 1.67. The molecule has 0 saturated heterocycles. The molecular weight excluding hydrogens is 230 g/mol. The minimum atomic E-state index is -0.176. The molecule has 0 atom stereocenters. The minimum Gasteiger partial charge on any atom is -0.497 e. The lowest BCUT2D eigenvalue weighted by atomic mass is 10.1. The number of hydrogen-bond donors (Lipinski definition) is 2. The Morgan fingerprint density at radius 1 is 1.44 bits per heavy atom. The molecule has 18 heavy (non-hydrogen) atoms. The fourth-order valence-electron chi connectivity index (χ4n) is 1.67. The highest BCUT2D eigenvalue weighted by Gasteiger charge is 2.03. The van der Waals surface area contributed by atoms with Gasteiger partial charge in [0.2, 0.25) is 0 Å². The first kappa shape index (κ1) is 12.3. The molecule has 2 rings (SSSR count). The average Bonchev–Trinajstić information content (AvgIpc) is 2.39. The number of aromatic amines is 1. The molecule has 1 heterocycles. The molecule has 1 aromatic carbocycles. The quantitative estimate of drug-likeness (QED) is 0.836. The van der Waals surface area contributed by atoms with Crippen LogP contribution in [0.3, 0.4) is 0 Å². The van der Waals surface area contributed by atoms with Crippen molar-refractivity contribution in [3.05, 3.63) is 57.8 Å². The van der Waals surface area contributed by atoms with Gasteiger partial charge in [0, 0.05) is 24.7 Å². The average molecular weight is 245 g/mol. The summed E-state index contributed by atoms with van der Waals surface area (Å²) >= 11 is 0. The van der Waals surface area contributed by atoms with E-state index in [1.807, 2.05) is 24.3 Å². The molecule has 0 saturated carbocycles. The van der Waals surface area contributed by atoms with Crippen molar-refractivity contribution < 1.29 is 4.74 Å². The largest absolute Gasteiger partial charge is 0.497 e. The molecule has 0 unspecified atom stereocenters. The molecular formula is C13H15N3O2. The Balaban J connectivity index is 2.23. The van der Waals surface area contributed by atoms with Crippen molar-refractivity contribution in [1.29, 1.82) is 0 Å². The van der Waals surface area contributed by atoms with Crippen LogP contribution in [0.4, 0.5) is 0 Å². The van der Waals surface area contributed by atoms with Gasteiger partial charge in [-0.3, -0.25) is 4.79 Å². The van der Waals surface area contributed by atoms with Crippen molar-refractivity contribution in [3.63, 3.8) is 0 Å². The number of aromatic nitrogens is 2. The van der Waals surface area contributed by atoms with Crippen LogP contribution in [-0.4, -0.2) is 17.1 Å². The van der Waals surface area contributed by atoms with Gasteiger partial charge in [0.05, 0.1) is 7.11 Å². The third-order valence-corrected chi connectivity index (χ3v) is 2.65. The second-order valence-corrected chi connectivity index (χ2v) is 3.92. The summed E-state index contributed by atoms with van der Waals surface area (Å²) in [4.78, 5) is 18.5. The normalized spacial score (nSPS) is 10.3. The van der Waals surface area contributed by atoms with Crippen molar-refractivity contribution in [3.8, 4) is 5.75 Å². The highest BCUT2D eigenvalue weighted by Crippen LogP contribution is 2.14. The predicted octanol–water partition coefficient (Wildman–Crippen LogP) is 0.828. The predicted molar refractivity (Wildman–Crippen MR) is 68.5 cm³/mol. The first-order valence-electron chi connectivity index (χ1n) is 5.63. The molecule has 5 nitrogen and oxygen atoms in total. The van der Waals surface area contributed by atoms with Crippen LogP contribution in [0.15, 0.2) is 35.3 Å². The number of nitrogens with one attached hydrogen (secondary N) is 1. The van der Waals surface area contributed by atoms with E-state index in [-0.39, 0.29) is 12.1 Å². The summed E-state index contributed by atoms with van der Waals surface area (Å²) in [5.74, 6) is 1.40. The van der Waals surface area contributed by atoms with Crippen LogP contribution >= 0.6 is 0 Å². The van der Waals surface area contributed by atoms with Crippen molar-refractivity contribution in [2.75, 3.05) is 7.11 Å². The summed E-state index contributed by atoms with van der Waals surface area (Å²) in [6.45, 7) is 0.196. The van der Waals surface area contributed by atoms with Gasteiger partial charge in [-0.25, -0.2) is 4.98 Å². The van der Waals surface area contributed by atoms with Crippen LogP contribution in [0.1, 0.15) is 17.0 Å². The number of methoxy groups -OCH3 is 1. The number of nitrogens with zero attached hydrogens (tertiary/aromatic N) is 1. The molecule has 0 aliphatic rings. The van der Waals surface area contributed by atoms with E-state index in [2.05, 4.69) is 9.97 Å². The lowest BCUT2D eigenvalue weighted by Gasteiger charge is -2.04. The van der Waals surface area contributed by atoms with Gasteiger partial charge in [-0.05, 0) is 17.7 Å². The summed E-state index contributed by atoms with van der Waals surface area (Å²) < 4.78 is 5.14. The number of ether oxygens (including phenoxy) is 1. The van der Waals surface area contributed by atoms with Crippen molar-refractivity contribution >= 4 is 0 Å². The molecule has 0 spiro atoms. The zero-order chi connectivity index (χ0) is 13.0. The molecule has 2 aromatic rings. The van der Waals surface area contributed by atoms with E-state index in [1.54, 1.807) is 7.11 Å². The molecule has 0 amide bonds. The SMILES string of the molecule is COc1cccc(Cc2ncc(CN)c(=O)[nH]2)c1. The van der Waals surface area contributed by atoms with E-state index in [0.717, 1.165) is 11.3 Å². The van der Waals surface area contributed by atoms with Crippen molar-refractivity contribution in [2.24, 2.45) is 5.73 Å². The van der Waals surface area contributed by atoms with E-state index in [1.165, 1.54) is 6.20 Å². The summed E-state index contributed by atoms with van der Waals surface area (Å²) in [6.07, 6.45) is 2.08. The lowest BCUT2D eigenvalue weighted by molar-refractivity contribution is 0.414. The molecule has 5 heteroatoms. The number of H-pyrrole nitrogens is 1. The first-order chi connectivity index (χ1) is 8.72.